The van der Waals surface area contributed by atoms with Gasteiger partial charge in [-0.3, -0.25) is 9.59 Å². The number of ketones is 2. The van der Waals surface area contributed by atoms with Crippen LogP contribution in [0.3, 0.4) is 0 Å². The van der Waals surface area contributed by atoms with Crippen LogP contribution in [0.4, 0.5) is 0 Å². The fraction of sp³-hybridized carbons (Fsp3) is 0.898. The number of rotatable bonds is 9. The average molecular weight is 774 g/mol. The van der Waals surface area contributed by atoms with Gasteiger partial charge in [-0.05, 0) is 185 Å². The molecule has 8 saturated carbocycles. The molecule has 0 bridgehead atoms. The lowest BCUT2D eigenvalue weighted by Crippen LogP contribution is -2.56. The van der Waals surface area contributed by atoms with Gasteiger partial charge in [0, 0.05) is 24.9 Å². The SMILES string of the molecule is CC[C@]1(O)CC[C@@]2(C)C3CC[C@]4(C)C(CC[C@H]4C(=O)Cn4cc[n+](CC(=O)[C@H]5CCC6C7CC[C@H]8C[C@H](O)[C@@H](COC)C[C@]8(C)C7CC[C@@]65C)c4)C3CC[C@@H]2C1. The maximum Gasteiger partial charge on any atom is 0.244 e. The molecule has 1 aromatic rings. The lowest BCUT2D eigenvalue weighted by molar-refractivity contribution is -0.684. The van der Waals surface area contributed by atoms with Gasteiger partial charge in [-0.2, -0.15) is 0 Å². The number of methoxy groups -OCH3 is 1. The Kier molecular flexibility index (Phi) is 10.2. The number of fused-ring (bicyclic) bond motifs is 10. The molecule has 7 heteroatoms. The number of aromatic nitrogens is 2. The molecule has 6 unspecified atom stereocenters. The Hall–Kier alpha value is -1.57. The summed E-state index contributed by atoms with van der Waals surface area (Å²) in [4.78, 5) is 28.5. The summed E-state index contributed by atoms with van der Waals surface area (Å²) < 4.78 is 9.68. The fourth-order valence-corrected chi connectivity index (χ4v) is 17.7. The summed E-state index contributed by atoms with van der Waals surface area (Å²) in [5.74, 6) is 6.57. The minimum Gasteiger partial charge on any atom is -0.393 e. The maximum absolute atomic E-state index is 14.2. The van der Waals surface area contributed by atoms with Crippen LogP contribution in [0.5, 0.6) is 0 Å². The third kappa shape index (κ3) is 6.13. The predicted molar refractivity (Wildman–Crippen MR) is 217 cm³/mol. The van der Waals surface area contributed by atoms with Gasteiger partial charge in [0.15, 0.2) is 11.6 Å². The number of nitrogens with zero attached hydrogens (tertiary/aromatic N) is 2. The van der Waals surface area contributed by atoms with Crippen LogP contribution in [0.1, 0.15) is 150 Å². The summed E-state index contributed by atoms with van der Waals surface area (Å²) in [6.07, 6.45) is 26.0. The molecule has 0 aliphatic heterocycles. The van der Waals surface area contributed by atoms with Crippen molar-refractivity contribution in [3.8, 4) is 0 Å². The number of hydrogen-bond donors (Lipinski definition) is 2. The number of aliphatic hydroxyl groups is 2. The van der Waals surface area contributed by atoms with Gasteiger partial charge in [0.25, 0.3) is 0 Å². The highest BCUT2D eigenvalue weighted by atomic mass is 16.5. The van der Waals surface area contributed by atoms with Crippen molar-refractivity contribution in [1.29, 1.82) is 0 Å². The molecule has 0 radical (unpaired) electrons. The Morgan fingerprint density at radius 2 is 1.34 bits per heavy atom. The van der Waals surface area contributed by atoms with Gasteiger partial charge in [0.05, 0.1) is 18.3 Å². The van der Waals surface area contributed by atoms with Crippen LogP contribution in [-0.2, 0) is 27.4 Å². The molecule has 1 aromatic heterocycles. The average Bonchev–Trinajstić information content (AvgIpc) is 3.87. The van der Waals surface area contributed by atoms with Crippen molar-refractivity contribution >= 4 is 11.6 Å². The summed E-state index contributed by atoms with van der Waals surface area (Å²) >= 11 is 0. The summed E-state index contributed by atoms with van der Waals surface area (Å²) in [5.41, 5.74) is 0.305. The molecule has 9 rings (SSSR count). The fourth-order valence-electron chi connectivity index (χ4n) is 17.7. The van der Waals surface area contributed by atoms with E-state index in [1.54, 1.807) is 7.11 Å². The van der Waals surface area contributed by atoms with Crippen molar-refractivity contribution in [3.05, 3.63) is 18.7 Å². The molecule has 0 aromatic carbocycles. The zero-order valence-corrected chi connectivity index (χ0v) is 36.0. The topological polar surface area (TPSA) is 92.6 Å². The highest BCUT2D eigenvalue weighted by Gasteiger charge is 2.64. The molecule has 0 amide bonds. The Bertz CT molecular complexity index is 1660. The van der Waals surface area contributed by atoms with E-state index in [-0.39, 0.29) is 40.1 Å². The largest absolute Gasteiger partial charge is 0.393 e. The molecule has 56 heavy (non-hydrogen) atoms. The highest BCUT2D eigenvalue weighted by Crippen LogP contribution is 2.70. The van der Waals surface area contributed by atoms with Crippen molar-refractivity contribution in [1.82, 2.24) is 4.57 Å². The summed E-state index contributed by atoms with van der Waals surface area (Å²) in [7, 11) is 1.77. The normalized spacial score (nSPS) is 50.9. The number of hydrogen-bond acceptors (Lipinski definition) is 5. The van der Waals surface area contributed by atoms with Crippen molar-refractivity contribution in [2.75, 3.05) is 13.7 Å². The van der Waals surface area contributed by atoms with E-state index in [1.807, 2.05) is 18.7 Å². The molecule has 0 saturated heterocycles. The molecular formula is C49H77N2O5+. The zero-order chi connectivity index (χ0) is 39.4. The maximum atomic E-state index is 14.2. The van der Waals surface area contributed by atoms with Gasteiger partial charge in [0.2, 0.25) is 6.33 Å². The number of carbonyl (C=O) groups is 2. The monoisotopic (exact) mass is 774 g/mol. The van der Waals surface area contributed by atoms with E-state index in [1.165, 1.54) is 51.4 Å². The molecule has 2 N–H and O–H groups in total. The second-order valence-electron chi connectivity index (χ2n) is 22.9. The van der Waals surface area contributed by atoms with E-state index in [2.05, 4.69) is 43.8 Å². The summed E-state index contributed by atoms with van der Waals surface area (Å²) in [6, 6.07) is 0. The third-order valence-electron chi connectivity index (χ3n) is 20.9. The van der Waals surface area contributed by atoms with Crippen molar-refractivity contribution in [3.63, 3.8) is 0 Å². The van der Waals surface area contributed by atoms with Crippen molar-refractivity contribution < 1.29 is 29.1 Å². The minimum atomic E-state index is -0.457. The standard InChI is InChI=1S/C49H77N2O5/c1-7-49(55)21-20-45(2)33(26-49)9-11-34-36-12-14-40(46(36,3)18-16-38(34)45)43(53)27-50-22-23-51(30-50)28-44(54)41-15-13-37-35-10-8-32-24-42(52)31(29-56-6)25-48(32,5)39(35)17-19-47(37,41)4/h22-23,30-42,52,55H,7-21,24-29H2,1-6H3/q+1/t31-,32+,33-,34?,35?,36?,37?,38?,39?,40+,41-,42+,45-,46-,47+,48+,49+/m1/s1. The first kappa shape index (κ1) is 39.9. The summed E-state index contributed by atoms with van der Waals surface area (Å²) in [6.45, 7) is 13.7. The van der Waals surface area contributed by atoms with E-state index >= 15 is 0 Å². The van der Waals surface area contributed by atoms with E-state index in [4.69, 9.17) is 4.74 Å². The summed E-state index contributed by atoms with van der Waals surface area (Å²) in [5, 5.41) is 22.2. The smallest absolute Gasteiger partial charge is 0.244 e. The zero-order valence-electron chi connectivity index (χ0n) is 36.0. The van der Waals surface area contributed by atoms with Crippen LogP contribution in [0.15, 0.2) is 18.7 Å². The molecule has 8 fully saturated rings. The molecule has 312 valence electrons. The Labute approximate surface area is 338 Å². The second kappa shape index (κ2) is 14.3. The number of imidazole rings is 1. The molecule has 8 aliphatic carbocycles. The van der Waals surface area contributed by atoms with Gasteiger partial charge in [-0.25, -0.2) is 9.13 Å². The van der Waals surface area contributed by atoms with Crippen LogP contribution >= 0.6 is 0 Å². The quantitative estimate of drug-likeness (QED) is 0.246. The first-order chi connectivity index (χ1) is 26.7. The molecule has 8 aliphatic rings. The highest BCUT2D eigenvalue weighted by molar-refractivity contribution is 5.82. The van der Waals surface area contributed by atoms with E-state index in [9.17, 15) is 19.8 Å². The Balaban J connectivity index is 0.818. The second-order valence-corrected chi connectivity index (χ2v) is 22.9. The lowest BCUT2D eigenvalue weighted by Gasteiger charge is -2.62. The van der Waals surface area contributed by atoms with Crippen LogP contribution in [0.25, 0.3) is 0 Å². The van der Waals surface area contributed by atoms with Crippen LogP contribution in [0.2, 0.25) is 0 Å². The Morgan fingerprint density at radius 1 is 0.732 bits per heavy atom. The van der Waals surface area contributed by atoms with Gasteiger partial charge >= 0.3 is 0 Å². The van der Waals surface area contributed by atoms with Crippen molar-refractivity contribution in [2.24, 2.45) is 86.8 Å². The van der Waals surface area contributed by atoms with E-state index < -0.39 is 5.60 Å². The molecule has 17 atom stereocenters. The number of aliphatic hydroxyl groups excluding tert-OH is 1. The predicted octanol–water partition coefficient (Wildman–Crippen LogP) is 8.61. The van der Waals surface area contributed by atoms with Gasteiger partial charge in [-0.1, -0.05) is 34.6 Å². The van der Waals surface area contributed by atoms with E-state index in [0.717, 1.165) is 76.0 Å². The van der Waals surface area contributed by atoms with Gasteiger partial charge in [0.1, 0.15) is 25.5 Å². The third-order valence-corrected chi connectivity index (χ3v) is 20.9. The molecular weight excluding hydrogens is 697 g/mol. The number of Topliss-reactive ketones (excluding diaryl/α,β-unsaturated/α-hetero) is 2. The van der Waals surface area contributed by atoms with Gasteiger partial charge < -0.3 is 14.9 Å². The van der Waals surface area contributed by atoms with Gasteiger partial charge in [-0.15, -0.1) is 0 Å². The molecule has 1 heterocycles. The first-order valence-electron chi connectivity index (χ1n) is 23.7. The minimum absolute atomic E-state index is 0.0701. The number of ether oxygens (including phenoxy) is 1. The lowest BCUT2D eigenvalue weighted by atomic mass is 9.43. The van der Waals surface area contributed by atoms with Crippen LogP contribution in [0, 0.1) is 86.8 Å². The molecule has 7 nitrogen and oxygen atoms in total. The van der Waals surface area contributed by atoms with Crippen LogP contribution in [-0.4, -0.2) is 51.8 Å². The molecule has 0 spiro atoms. The van der Waals surface area contributed by atoms with E-state index in [0.29, 0.717) is 72.2 Å². The Morgan fingerprint density at radius 3 is 1.98 bits per heavy atom. The van der Waals surface area contributed by atoms with Crippen LogP contribution < -0.4 is 4.57 Å². The van der Waals surface area contributed by atoms with Crippen molar-refractivity contribution in [2.45, 2.75) is 175 Å². The number of carbonyl (C=O) groups excluding carboxylic acids is 2. The first-order valence-corrected chi connectivity index (χ1v) is 23.7.